The van der Waals surface area contributed by atoms with E-state index in [1.807, 2.05) is 13.8 Å². The molecule has 0 aromatic heterocycles. The molecular formula is C6H12N2. The van der Waals surface area contributed by atoms with Crippen LogP contribution in [0, 0.1) is 23.2 Å². The van der Waals surface area contributed by atoms with Gasteiger partial charge in [0, 0.05) is 6.54 Å². The molecule has 2 N–H and O–H groups in total. The lowest BCUT2D eigenvalue weighted by atomic mass is 9.98. The number of hydrogen-bond donors (Lipinski definition) is 1. The largest absolute Gasteiger partial charge is 0.329 e. The van der Waals surface area contributed by atoms with Gasteiger partial charge in [-0.25, -0.2) is 0 Å². The number of rotatable bonds is 2. The van der Waals surface area contributed by atoms with E-state index in [0.717, 1.165) is 0 Å². The highest BCUT2D eigenvalue weighted by Gasteiger charge is 2.07. The van der Waals surface area contributed by atoms with E-state index in [0.29, 0.717) is 12.5 Å². The minimum absolute atomic E-state index is 0.0370. The van der Waals surface area contributed by atoms with Gasteiger partial charge in [-0.3, -0.25) is 0 Å². The topological polar surface area (TPSA) is 49.8 Å². The van der Waals surface area contributed by atoms with Crippen molar-refractivity contribution in [3.8, 4) is 6.07 Å². The van der Waals surface area contributed by atoms with Crippen molar-refractivity contribution in [3.05, 3.63) is 0 Å². The number of hydrogen-bond acceptors (Lipinski definition) is 2. The molecule has 1 atom stereocenters. The zero-order valence-corrected chi connectivity index (χ0v) is 5.39. The SMILES string of the molecule is CC(C)[C@H](C#N)CN. The molecule has 0 bridgehead atoms. The lowest BCUT2D eigenvalue weighted by Crippen LogP contribution is -2.17. The van der Waals surface area contributed by atoms with Crippen LogP contribution in [0.15, 0.2) is 0 Å². The Morgan fingerprint density at radius 2 is 2.12 bits per heavy atom. The molecule has 0 aliphatic heterocycles. The molecule has 2 heteroatoms. The van der Waals surface area contributed by atoms with Crippen LogP contribution in [0.5, 0.6) is 0 Å². The van der Waals surface area contributed by atoms with Gasteiger partial charge in [0.25, 0.3) is 0 Å². The maximum absolute atomic E-state index is 8.37. The molecule has 0 aromatic carbocycles. The van der Waals surface area contributed by atoms with Gasteiger partial charge in [-0.2, -0.15) is 5.26 Å². The Labute approximate surface area is 50.3 Å². The van der Waals surface area contributed by atoms with E-state index < -0.39 is 0 Å². The second-order valence-electron chi connectivity index (χ2n) is 2.22. The molecule has 0 aliphatic rings. The highest BCUT2D eigenvalue weighted by molar-refractivity contribution is 4.85. The smallest absolute Gasteiger partial charge is 0.0671 e. The summed E-state index contributed by atoms with van der Waals surface area (Å²) in [7, 11) is 0. The lowest BCUT2D eigenvalue weighted by molar-refractivity contribution is 0.485. The number of nitrogens with zero attached hydrogens (tertiary/aromatic N) is 1. The first-order chi connectivity index (χ1) is 3.72. The fraction of sp³-hybridized carbons (Fsp3) is 0.833. The number of nitriles is 1. The van der Waals surface area contributed by atoms with Gasteiger partial charge < -0.3 is 5.73 Å². The molecule has 0 radical (unpaired) electrons. The van der Waals surface area contributed by atoms with Crippen molar-refractivity contribution in [1.29, 1.82) is 5.26 Å². The summed E-state index contributed by atoms with van der Waals surface area (Å²) in [6.45, 7) is 4.48. The van der Waals surface area contributed by atoms with Crippen LogP contribution >= 0.6 is 0 Å². The third kappa shape index (κ3) is 1.94. The lowest BCUT2D eigenvalue weighted by Gasteiger charge is -2.07. The Bertz CT molecular complexity index is 91.2. The van der Waals surface area contributed by atoms with E-state index in [-0.39, 0.29) is 5.92 Å². The molecule has 0 rings (SSSR count). The molecular weight excluding hydrogens is 100 g/mol. The molecule has 0 aliphatic carbocycles. The van der Waals surface area contributed by atoms with E-state index in [9.17, 15) is 0 Å². The first-order valence-corrected chi connectivity index (χ1v) is 2.82. The predicted molar refractivity (Wildman–Crippen MR) is 33.0 cm³/mol. The van der Waals surface area contributed by atoms with E-state index in [1.54, 1.807) is 0 Å². The Balaban J connectivity index is 3.57. The third-order valence-electron chi connectivity index (χ3n) is 1.22. The van der Waals surface area contributed by atoms with Gasteiger partial charge in [0.2, 0.25) is 0 Å². The normalized spacial score (nSPS) is 13.4. The molecule has 0 saturated carbocycles. The summed E-state index contributed by atoms with van der Waals surface area (Å²) in [5.74, 6) is 0.431. The van der Waals surface area contributed by atoms with Crippen molar-refractivity contribution >= 4 is 0 Å². The maximum Gasteiger partial charge on any atom is 0.0671 e. The summed E-state index contributed by atoms with van der Waals surface area (Å²) in [5.41, 5.74) is 5.26. The molecule has 2 nitrogen and oxygen atoms in total. The van der Waals surface area contributed by atoms with E-state index >= 15 is 0 Å². The Morgan fingerprint density at radius 3 is 2.12 bits per heavy atom. The Kier molecular flexibility index (Phi) is 3.21. The van der Waals surface area contributed by atoms with Gasteiger partial charge in [0.05, 0.1) is 12.0 Å². The Hall–Kier alpha value is -0.550. The van der Waals surface area contributed by atoms with Crippen LogP contribution in [0.2, 0.25) is 0 Å². The van der Waals surface area contributed by atoms with Crippen molar-refractivity contribution in [1.82, 2.24) is 0 Å². The van der Waals surface area contributed by atoms with Crippen molar-refractivity contribution in [2.45, 2.75) is 13.8 Å². The summed E-state index contributed by atoms with van der Waals surface area (Å²) >= 11 is 0. The van der Waals surface area contributed by atoms with Crippen LogP contribution in [0.1, 0.15) is 13.8 Å². The third-order valence-corrected chi connectivity index (χ3v) is 1.22. The molecule has 0 amide bonds. The molecule has 0 unspecified atom stereocenters. The zero-order valence-electron chi connectivity index (χ0n) is 5.39. The molecule has 0 saturated heterocycles. The van der Waals surface area contributed by atoms with Crippen molar-refractivity contribution in [3.63, 3.8) is 0 Å². The van der Waals surface area contributed by atoms with Gasteiger partial charge in [0.15, 0.2) is 0 Å². The van der Waals surface area contributed by atoms with Crippen LogP contribution in [0.25, 0.3) is 0 Å². The average Bonchev–Trinajstić information content (AvgIpc) is 1.69. The van der Waals surface area contributed by atoms with Crippen LogP contribution in [-0.2, 0) is 0 Å². The molecule has 46 valence electrons. The molecule has 8 heavy (non-hydrogen) atoms. The minimum atomic E-state index is 0.0370. The molecule has 0 spiro atoms. The summed E-state index contributed by atoms with van der Waals surface area (Å²) in [5, 5.41) is 8.37. The standard InChI is InChI=1S/C6H12N2/c1-5(2)6(3-7)4-8/h5-6H,3,7H2,1-2H3/t6-/m0/s1. The van der Waals surface area contributed by atoms with Crippen LogP contribution < -0.4 is 5.73 Å². The maximum atomic E-state index is 8.37. The van der Waals surface area contributed by atoms with Crippen molar-refractivity contribution < 1.29 is 0 Å². The van der Waals surface area contributed by atoms with Gasteiger partial charge in [-0.05, 0) is 5.92 Å². The van der Waals surface area contributed by atoms with Gasteiger partial charge in [-0.1, -0.05) is 13.8 Å². The quantitative estimate of drug-likeness (QED) is 0.572. The minimum Gasteiger partial charge on any atom is -0.329 e. The van der Waals surface area contributed by atoms with Crippen LogP contribution in [0.4, 0.5) is 0 Å². The van der Waals surface area contributed by atoms with E-state index in [2.05, 4.69) is 6.07 Å². The summed E-state index contributed by atoms with van der Waals surface area (Å²) < 4.78 is 0. The first-order valence-electron chi connectivity index (χ1n) is 2.82. The fourth-order valence-electron chi connectivity index (χ4n) is 0.474. The summed E-state index contributed by atoms with van der Waals surface area (Å²) in [6.07, 6.45) is 0. The average molecular weight is 112 g/mol. The van der Waals surface area contributed by atoms with Gasteiger partial charge in [0.1, 0.15) is 0 Å². The molecule has 0 heterocycles. The summed E-state index contributed by atoms with van der Waals surface area (Å²) in [6, 6.07) is 2.13. The molecule has 0 fully saturated rings. The fourth-order valence-corrected chi connectivity index (χ4v) is 0.474. The zero-order chi connectivity index (χ0) is 6.57. The predicted octanol–water partition coefficient (Wildman–Crippen LogP) is 0.741. The highest BCUT2D eigenvalue weighted by atomic mass is 14.6. The summed E-state index contributed by atoms with van der Waals surface area (Å²) in [4.78, 5) is 0. The van der Waals surface area contributed by atoms with Gasteiger partial charge in [-0.15, -0.1) is 0 Å². The van der Waals surface area contributed by atoms with Crippen molar-refractivity contribution in [2.24, 2.45) is 17.6 Å². The van der Waals surface area contributed by atoms with E-state index in [1.165, 1.54) is 0 Å². The molecule has 0 aromatic rings. The monoisotopic (exact) mass is 112 g/mol. The second kappa shape index (κ2) is 3.45. The number of nitrogens with two attached hydrogens (primary N) is 1. The second-order valence-corrected chi connectivity index (χ2v) is 2.22. The van der Waals surface area contributed by atoms with Gasteiger partial charge >= 0.3 is 0 Å². The van der Waals surface area contributed by atoms with Crippen LogP contribution in [0.3, 0.4) is 0 Å². The Morgan fingerprint density at radius 1 is 1.62 bits per heavy atom. The highest BCUT2D eigenvalue weighted by Crippen LogP contribution is 2.05. The van der Waals surface area contributed by atoms with Crippen molar-refractivity contribution in [2.75, 3.05) is 6.54 Å². The van der Waals surface area contributed by atoms with Crippen LogP contribution in [-0.4, -0.2) is 6.54 Å². The van der Waals surface area contributed by atoms with E-state index in [4.69, 9.17) is 11.0 Å². The first kappa shape index (κ1) is 7.45.